The van der Waals surface area contributed by atoms with Crippen LogP contribution in [0.4, 0.5) is 0 Å². The molecule has 2 saturated heterocycles. The third-order valence-electron chi connectivity index (χ3n) is 7.25. The molecule has 2 aromatic rings. The summed E-state index contributed by atoms with van der Waals surface area (Å²) in [5.74, 6) is 0.655. The van der Waals surface area contributed by atoms with Gasteiger partial charge in [0.15, 0.2) is 11.5 Å². The molecule has 2 fully saturated rings. The van der Waals surface area contributed by atoms with E-state index in [0.717, 1.165) is 19.5 Å². The van der Waals surface area contributed by atoms with Gasteiger partial charge in [0.2, 0.25) is 0 Å². The Morgan fingerprint density at radius 2 is 1.77 bits per heavy atom. The van der Waals surface area contributed by atoms with Gasteiger partial charge in [-0.25, -0.2) is 0 Å². The number of aliphatic hydroxyl groups is 1. The number of nitrogens with zero attached hydrogens (tertiary/aromatic N) is 2. The van der Waals surface area contributed by atoms with Gasteiger partial charge < -0.3 is 29.0 Å². The number of fused-ring (bicyclic) bond motifs is 1. The second-order valence-electron chi connectivity index (χ2n) is 10.4. The van der Waals surface area contributed by atoms with Gasteiger partial charge in [-0.05, 0) is 48.2 Å². The number of amides is 1. The number of carbonyl (C=O) groups is 2. The van der Waals surface area contributed by atoms with Crippen LogP contribution in [0.3, 0.4) is 0 Å². The molecule has 208 valence electrons. The number of ether oxygens (including phenoxy) is 4. The number of Topliss-reactive ketones (excluding diaryl/α,β-unsaturated/α-hetero) is 1. The summed E-state index contributed by atoms with van der Waals surface area (Å²) in [6.45, 7) is 9.44. The first-order chi connectivity index (χ1) is 18.9. The average Bonchev–Trinajstić information content (AvgIpc) is 3.21. The number of benzene rings is 2. The van der Waals surface area contributed by atoms with Crippen LogP contribution in [0.25, 0.3) is 5.76 Å². The highest BCUT2D eigenvalue weighted by molar-refractivity contribution is 6.46. The molecule has 3 aliphatic rings. The molecule has 3 aliphatic heterocycles. The van der Waals surface area contributed by atoms with Gasteiger partial charge in [-0.2, -0.15) is 0 Å². The smallest absolute Gasteiger partial charge is 0.295 e. The molecule has 0 bridgehead atoms. The summed E-state index contributed by atoms with van der Waals surface area (Å²) in [6.07, 6.45) is 0.909. The molecular weight excluding hydrogens is 500 g/mol. The fourth-order valence-electron chi connectivity index (χ4n) is 5.06. The predicted molar refractivity (Wildman–Crippen MR) is 145 cm³/mol. The van der Waals surface area contributed by atoms with E-state index in [2.05, 4.69) is 18.7 Å². The van der Waals surface area contributed by atoms with E-state index in [1.54, 1.807) is 23.1 Å². The van der Waals surface area contributed by atoms with Gasteiger partial charge in [0.25, 0.3) is 11.7 Å². The van der Waals surface area contributed by atoms with Crippen molar-refractivity contribution in [2.45, 2.75) is 26.3 Å². The van der Waals surface area contributed by atoms with Crippen molar-refractivity contribution in [2.75, 3.05) is 59.2 Å². The van der Waals surface area contributed by atoms with Crippen molar-refractivity contribution in [1.82, 2.24) is 9.80 Å². The van der Waals surface area contributed by atoms with Crippen molar-refractivity contribution in [2.24, 2.45) is 5.92 Å². The minimum absolute atomic E-state index is 0.0537. The molecule has 39 heavy (non-hydrogen) atoms. The standard InChI is InChI=1S/C30H36N2O7/c1-20(2)8-13-37-23-5-3-4-21(18-23)27-26(28(33)22-6-7-24-25(19-22)39-17-16-38-24)29(34)30(35)32(27)10-9-31-11-14-36-15-12-31/h3-7,18-20,27,33H,8-17H2,1-2H3/b28-26+. The first kappa shape index (κ1) is 27.0. The van der Waals surface area contributed by atoms with Crippen LogP contribution in [-0.2, 0) is 14.3 Å². The molecule has 0 aromatic heterocycles. The Kier molecular flexibility index (Phi) is 8.38. The number of rotatable bonds is 9. The van der Waals surface area contributed by atoms with E-state index < -0.39 is 17.7 Å². The number of ketones is 1. The monoisotopic (exact) mass is 536 g/mol. The van der Waals surface area contributed by atoms with Crippen LogP contribution >= 0.6 is 0 Å². The second-order valence-corrected chi connectivity index (χ2v) is 10.4. The fourth-order valence-corrected chi connectivity index (χ4v) is 5.06. The minimum atomic E-state index is -0.757. The quantitative estimate of drug-likeness (QED) is 0.295. The lowest BCUT2D eigenvalue weighted by Gasteiger charge is -2.31. The maximum Gasteiger partial charge on any atom is 0.295 e. The molecule has 3 heterocycles. The number of carbonyl (C=O) groups excluding carboxylic acids is 2. The Hall–Kier alpha value is -3.56. The zero-order chi connectivity index (χ0) is 27.4. The van der Waals surface area contributed by atoms with E-state index in [-0.39, 0.29) is 11.3 Å². The van der Waals surface area contributed by atoms with Crippen LogP contribution in [0.5, 0.6) is 17.2 Å². The average molecular weight is 537 g/mol. The molecule has 1 unspecified atom stereocenters. The van der Waals surface area contributed by atoms with Crippen molar-refractivity contribution >= 4 is 17.4 Å². The molecule has 1 amide bonds. The van der Waals surface area contributed by atoms with Crippen LogP contribution in [0.2, 0.25) is 0 Å². The molecule has 5 rings (SSSR count). The Balaban J connectivity index is 1.50. The zero-order valence-corrected chi connectivity index (χ0v) is 22.6. The highest BCUT2D eigenvalue weighted by Crippen LogP contribution is 2.41. The Morgan fingerprint density at radius 3 is 2.54 bits per heavy atom. The summed E-state index contributed by atoms with van der Waals surface area (Å²) in [7, 11) is 0. The maximum absolute atomic E-state index is 13.5. The summed E-state index contributed by atoms with van der Waals surface area (Å²) in [4.78, 5) is 30.6. The van der Waals surface area contributed by atoms with Gasteiger partial charge in [0, 0.05) is 31.7 Å². The highest BCUT2D eigenvalue weighted by Gasteiger charge is 2.46. The topological polar surface area (TPSA) is 97.8 Å². The highest BCUT2D eigenvalue weighted by atomic mass is 16.6. The van der Waals surface area contributed by atoms with Gasteiger partial charge in [0.05, 0.1) is 31.4 Å². The first-order valence-corrected chi connectivity index (χ1v) is 13.6. The molecule has 0 aliphatic carbocycles. The summed E-state index contributed by atoms with van der Waals surface area (Å²) in [5, 5.41) is 11.5. The third-order valence-corrected chi connectivity index (χ3v) is 7.25. The molecule has 0 spiro atoms. The van der Waals surface area contributed by atoms with Gasteiger partial charge in [-0.1, -0.05) is 26.0 Å². The van der Waals surface area contributed by atoms with Crippen molar-refractivity contribution in [3.05, 3.63) is 59.2 Å². The summed E-state index contributed by atoms with van der Waals surface area (Å²) in [5.41, 5.74) is 1.15. The molecule has 9 heteroatoms. The van der Waals surface area contributed by atoms with Crippen LogP contribution < -0.4 is 14.2 Å². The van der Waals surface area contributed by atoms with E-state index in [1.165, 1.54) is 0 Å². The minimum Gasteiger partial charge on any atom is -0.507 e. The fraction of sp³-hybridized carbons (Fsp3) is 0.467. The van der Waals surface area contributed by atoms with E-state index in [0.29, 0.717) is 80.4 Å². The van der Waals surface area contributed by atoms with Crippen LogP contribution in [0.1, 0.15) is 37.4 Å². The van der Waals surface area contributed by atoms with E-state index >= 15 is 0 Å². The number of hydrogen-bond donors (Lipinski definition) is 1. The summed E-state index contributed by atoms with van der Waals surface area (Å²) >= 11 is 0. The van der Waals surface area contributed by atoms with Gasteiger partial charge in [-0.3, -0.25) is 14.5 Å². The van der Waals surface area contributed by atoms with Crippen molar-refractivity contribution in [1.29, 1.82) is 0 Å². The van der Waals surface area contributed by atoms with Crippen LogP contribution in [0, 0.1) is 5.92 Å². The third kappa shape index (κ3) is 6.04. The lowest BCUT2D eigenvalue weighted by Crippen LogP contribution is -2.42. The van der Waals surface area contributed by atoms with Gasteiger partial charge >= 0.3 is 0 Å². The normalized spacial score (nSPS) is 21.0. The van der Waals surface area contributed by atoms with Gasteiger partial charge in [0.1, 0.15) is 24.7 Å². The van der Waals surface area contributed by atoms with Gasteiger partial charge in [-0.15, -0.1) is 0 Å². The lowest BCUT2D eigenvalue weighted by molar-refractivity contribution is -0.140. The van der Waals surface area contributed by atoms with E-state index in [4.69, 9.17) is 18.9 Å². The van der Waals surface area contributed by atoms with Crippen LogP contribution in [0.15, 0.2) is 48.0 Å². The number of likely N-dealkylation sites (tertiary alicyclic amines) is 1. The van der Waals surface area contributed by atoms with Crippen LogP contribution in [-0.4, -0.2) is 85.8 Å². The van der Waals surface area contributed by atoms with Crippen molar-refractivity contribution in [3.8, 4) is 17.2 Å². The Labute approximate surface area is 228 Å². The lowest BCUT2D eigenvalue weighted by atomic mass is 9.95. The Morgan fingerprint density at radius 1 is 1.00 bits per heavy atom. The second kappa shape index (κ2) is 12.1. The molecule has 0 saturated carbocycles. The van der Waals surface area contributed by atoms with E-state index in [1.807, 2.05) is 24.3 Å². The number of morpholine rings is 1. The largest absolute Gasteiger partial charge is 0.507 e. The summed E-state index contributed by atoms with van der Waals surface area (Å²) in [6, 6.07) is 11.7. The Bertz CT molecular complexity index is 1240. The first-order valence-electron chi connectivity index (χ1n) is 13.6. The predicted octanol–water partition coefficient (Wildman–Crippen LogP) is 3.64. The molecular formula is C30H36N2O7. The summed E-state index contributed by atoms with van der Waals surface area (Å²) < 4.78 is 22.7. The van der Waals surface area contributed by atoms with Crippen molar-refractivity contribution in [3.63, 3.8) is 0 Å². The molecule has 2 aromatic carbocycles. The zero-order valence-electron chi connectivity index (χ0n) is 22.6. The SMILES string of the molecule is CC(C)CCOc1cccc(C2/C(=C(\O)c3ccc4c(c3)OCCO4)C(=O)C(=O)N2CCN2CCOCC2)c1. The molecule has 1 N–H and O–H groups in total. The molecule has 0 radical (unpaired) electrons. The molecule has 1 atom stereocenters. The maximum atomic E-state index is 13.5. The van der Waals surface area contributed by atoms with E-state index in [9.17, 15) is 14.7 Å². The number of hydrogen-bond acceptors (Lipinski definition) is 8. The number of aliphatic hydroxyl groups excluding tert-OH is 1. The molecule has 9 nitrogen and oxygen atoms in total. The van der Waals surface area contributed by atoms with Crippen molar-refractivity contribution < 1.29 is 33.6 Å².